The van der Waals surface area contributed by atoms with E-state index in [4.69, 9.17) is 0 Å². The second kappa shape index (κ2) is 8.43. The number of benzene rings is 1. The predicted octanol–water partition coefficient (Wildman–Crippen LogP) is 1.92. The number of halogens is 1. The van der Waals surface area contributed by atoms with Crippen LogP contribution in [0.4, 0.5) is 4.39 Å². The molecule has 2 aliphatic heterocycles. The summed E-state index contributed by atoms with van der Waals surface area (Å²) in [5.41, 5.74) is 0.769. The van der Waals surface area contributed by atoms with Crippen LogP contribution < -0.4 is 5.32 Å². The molecule has 0 aliphatic carbocycles. The van der Waals surface area contributed by atoms with Crippen molar-refractivity contribution in [2.24, 2.45) is 0 Å². The number of amides is 2. The molecule has 5 nitrogen and oxygen atoms in total. The minimum atomic E-state index is -0.299. The highest BCUT2D eigenvalue weighted by atomic mass is 19.1. The molecule has 1 N–H and O–H groups in total. The Morgan fingerprint density at radius 1 is 1.28 bits per heavy atom. The van der Waals surface area contributed by atoms with E-state index in [1.54, 1.807) is 17.0 Å². The third-order valence-corrected chi connectivity index (χ3v) is 4.92. The molecule has 6 heteroatoms. The van der Waals surface area contributed by atoms with Crippen LogP contribution in [0, 0.1) is 5.82 Å². The zero-order chi connectivity index (χ0) is 17.6. The fourth-order valence-corrected chi connectivity index (χ4v) is 3.65. The summed E-state index contributed by atoms with van der Waals surface area (Å²) in [5.74, 6) is -0.275. The monoisotopic (exact) mass is 347 g/mol. The molecule has 0 aromatic heterocycles. The summed E-state index contributed by atoms with van der Waals surface area (Å²) in [6, 6.07) is 6.14. The van der Waals surface area contributed by atoms with Gasteiger partial charge in [0.25, 0.3) is 0 Å². The van der Waals surface area contributed by atoms with Crippen molar-refractivity contribution in [2.45, 2.75) is 44.7 Å². The molecule has 3 rings (SSSR count). The average molecular weight is 347 g/mol. The summed E-state index contributed by atoms with van der Waals surface area (Å²) in [6.45, 7) is 4.15. The minimum Gasteiger partial charge on any atom is -0.351 e. The van der Waals surface area contributed by atoms with Crippen LogP contribution in [0.25, 0.3) is 0 Å². The molecule has 136 valence electrons. The quantitative estimate of drug-likeness (QED) is 0.820. The van der Waals surface area contributed by atoms with Crippen molar-refractivity contribution in [1.82, 2.24) is 15.1 Å². The molecule has 0 saturated carbocycles. The largest absolute Gasteiger partial charge is 0.351 e. The summed E-state index contributed by atoms with van der Waals surface area (Å²) in [4.78, 5) is 28.3. The number of hydrogen-bond acceptors (Lipinski definition) is 3. The van der Waals surface area contributed by atoms with E-state index < -0.39 is 0 Å². The third kappa shape index (κ3) is 5.26. The Morgan fingerprint density at radius 2 is 2.08 bits per heavy atom. The summed E-state index contributed by atoms with van der Waals surface area (Å²) < 4.78 is 13.3. The average Bonchev–Trinajstić information content (AvgIpc) is 3.18. The Hall–Kier alpha value is -1.95. The standard InChI is InChI=1S/C19H26FN3O2/c20-16-6-3-5-15(11-16)13-23-14-17(12-19(23)25)21-18(24)7-4-10-22-8-1-2-9-22/h3,5-6,11,17H,1-2,4,7-10,12-14H2,(H,21,24). The van der Waals surface area contributed by atoms with Crippen LogP contribution in [0.2, 0.25) is 0 Å². The molecule has 0 bridgehead atoms. The lowest BCUT2D eigenvalue weighted by Gasteiger charge is -2.18. The summed E-state index contributed by atoms with van der Waals surface area (Å²) >= 11 is 0. The van der Waals surface area contributed by atoms with E-state index in [1.807, 2.05) is 0 Å². The Morgan fingerprint density at radius 3 is 2.84 bits per heavy atom. The van der Waals surface area contributed by atoms with E-state index in [0.29, 0.717) is 25.9 Å². The lowest BCUT2D eigenvalue weighted by Crippen LogP contribution is -2.37. The van der Waals surface area contributed by atoms with Crippen molar-refractivity contribution in [2.75, 3.05) is 26.2 Å². The first-order chi connectivity index (χ1) is 12.1. The summed E-state index contributed by atoms with van der Waals surface area (Å²) in [7, 11) is 0. The molecular formula is C19H26FN3O2. The first-order valence-corrected chi connectivity index (χ1v) is 9.14. The van der Waals surface area contributed by atoms with Crippen LogP contribution in [0.1, 0.15) is 37.7 Å². The number of hydrogen-bond donors (Lipinski definition) is 1. The lowest BCUT2D eigenvalue weighted by atomic mass is 10.2. The molecule has 0 radical (unpaired) electrons. The molecule has 2 amide bonds. The zero-order valence-electron chi connectivity index (χ0n) is 14.5. The molecule has 2 fully saturated rings. The summed E-state index contributed by atoms with van der Waals surface area (Å²) in [5, 5.41) is 2.97. The molecule has 1 aromatic rings. The fraction of sp³-hybridized carbons (Fsp3) is 0.579. The smallest absolute Gasteiger partial charge is 0.225 e. The van der Waals surface area contributed by atoms with Gasteiger partial charge in [-0.1, -0.05) is 12.1 Å². The van der Waals surface area contributed by atoms with E-state index >= 15 is 0 Å². The normalized spacial score (nSPS) is 21.1. The number of carbonyl (C=O) groups excluding carboxylic acids is 2. The van der Waals surface area contributed by atoms with E-state index in [1.165, 1.54) is 25.0 Å². The van der Waals surface area contributed by atoms with Gasteiger partial charge in [0.05, 0.1) is 6.04 Å². The fourth-order valence-electron chi connectivity index (χ4n) is 3.65. The molecular weight excluding hydrogens is 321 g/mol. The van der Waals surface area contributed by atoms with Crippen LogP contribution in [-0.2, 0) is 16.1 Å². The van der Waals surface area contributed by atoms with Crippen LogP contribution in [0.15, 0.2) is 24.3 Å². The number of likely N-dealkylation sites (tertiary alicyclic amines) is 2. The topological polar surface area (TPSA) is 52.7 Å². The highest BCUT2D eigenvalue weighted by Crippen LogP contribution is 2.16. The van der Waals surface area contributed by atoms with Crippen molar-refractivity contribution < 1.29 is 14.0 Å². The Kier molecular flexibility index (Phi) is 6.02. The first kappa shape index (κ1) is 17.9. The van der Waals surface area contributed by atoms with E-state index in [9.17, 15) is 14.0 Å². The van der Waals surface area contributed by atoms with E-state index in [0.717, 1.165) is 31.6 Å². The lowest BCUT2D eigenvalue weighted by molar-refractivity contribution is -0.128. The molecule has 1 unspecified atom stereocenters. The highest BCUT2D eigenvalue weighted by molar-refractivity contribution is 5.82. The summed E-state index contributed by atoms with van der Waals surface area (Å²) in [6.07, 6.45) is 4.22. The van der Waals surface area contributed by atoms with Gasteiger partial charge < -0.3 is 15.1 Å². The number of nitrogens with zero attached hydrogens (tertiary/aromatic N) is 2. The Labute approximate surface area is 148 Å². The van der Waals surface area contributed by atoms with Crippen molar-refractivity contribution in [3.05, 3.63) is 35.6 Å². The SMILES string of the molecule is O=C(CCCN1CCCC1)NC1CC(=O)N(Cc2cccc(F)c2)C1. The molecule has 2 aliphatic rings. The van der Waals surface area contributed by atoms with Crippen LogP contribution >= 0.6 is 0 Å². The van der Waals surface area contributed by atoms with E-state index in [2.05, 4.69) is 10.2 Å². The maximum absolute atomic E-state index is 13.3. The van der Waals surface area contributed by atoms with Gasteiger partial charge in [0.15, 0.2) is 0 Å². The van der Waals surface area contributed by atoms with Crippen molar-refractivity contribution >= 4 is 11.8 Å². The van der Waals surface area contributed by atoms with Crippen LogP contribution in [-0.4, -0.2) is 53.8 Å². The van der Waals surface area contributed by atoms with Gasteiger partial charge in [-0.15, -0.1) is 0 Å². The second-order valence-electron chi connectivity index (χ2n) is 7.03. The maximum Gasteiger partial charge on any atom is 0.225 e. The van der Waals surface area contributed by atoms with Crippen molar-refractivity contribution in [3.8, 4) is 0 Å². The molecule has 2 saturated heterocycles. The minimum absolute atomic E-state index is 0.00614. The van der Waals surface area contributed by atoms with Gasteiger partial charge in [-0.05, 0) is 56.6 Å². The maximum atomic E-state index is 13.3. The van der Waals surface area contributed by atoms with Crippen molar-refractivity contribution in [1.29, 1.82) is 0 Å². The molecule has 0 spiro atoms. The van der Waals surface area contributed by atoms with Gasteiger partial charge in [0, 0.05) is 25.9 Å². The highest BCUT2D eigenvalue weighted by Gasteiger charge is 2.30. The number of carbonyl (C=O) groups is 2. The van der Waals surface area contributed by atoms with Gasteiger partial charge in [-0.3, -0.25) is 9.59 Å². The Balaban J connectivity index is 1.40. The van der Waals surface area contributed by atoms with Gasteiger partial charge in [0.1, 0.15) is 5.82 Å². The predicted molar refractivity (Wildman–Crippen MR) is 93.3 cm³/mol. The number of rotatable bonds is 7. The first-order valence-electron chi connectivity index (χ1n) is 9.14. The second-order valence-corrected chi connectivity index (χ2v) is 7.03. The molecule has 1 aromatic carbocycles. The van der Waals surface area contributed by atoms with Crippen molar-refractivity contribution in [3.63, 3.8) is 0 Å². The van der Waals surface area contributed by atoms with Gasteiger partial charge >= 0.3 is 0 Å². The van der Waals surface area contributed by atoms with Gasteiger partial charge in [-0.25, -0.2) is 4.39 Å². The van der Waals surface area contributed by atoms with Crippen LogP contribution in [0.3, 0.4) is 0 Å². The zero-order valence-corrected chi connectivity index (χ0v) is 14.5. The van der Waals surface area contributed by atoms with Crippen LogP contribution in [0.5, 0.6) is 0 Å². The molecule has 2 heterocycles. The third-order valence-electron chi connectivity index (χ3n) is 4.92. The molecule has 25 heavy (non-hydrogen) atoms. The van der Waals surface area contributed by atoms with Gasteiger partial charge in [0.2, 0.25) is 11.8 Å². The molecule has 1 atom stereocenters. The number of nitrogens with one attached hydrogen (secondary N) is 1. The van der Waals surface area contributed by atoms with E-state index in [-0.39, 0.29) is 23.7 Å². The Bertz CT molecular complexity index is 616. The van der Waals surface area contributed by atoms with Gasteiger partial charge in [-0.2, -0.15) is 0 Å².